The van der Waals surface area contributed by atoms with Crippen LogP contribution in [0.4, 0.5) is 0 Å². The lowest BCUT2D eigenvalue weighted by atomic mass is 9.90. The molecular weight excluding hydrogens is 338 g/mol. The second-order valence-corrected chi connectivity index (χ2v) is 7.09. The predicted molar refractivity (Wildman–Crippen MR) is 110 cm³/mol. The van der Waals surface area contributed by atoms with Crippen molar-refractivity contribution in [2.24, 2.45) is 4.99 Å². The van der Waals surface area contributed by atoms with Crippen molar-refractivity contribution in [2.75, 3.05) is 21.2 Å². The summed E-state index contributed by atoms with van der Waals surface area (Å²) in [4.78, 5) is 19.5. The summed E-state index contributed by atoms with van der Waals surface area (Å²) >= 11 is 0. The van der Waals surface area contributed by atoms with E-state index in [4.69, 9.17) is 9.73 Å². The number of carbonyl (C=O) groups excluding carboxylic acids is 1. The maximum absolute atomic E-state index is 12.7. The number of hydrogen-bond donors (Lipinski definition) is 1. The summed E-state index contributed by atoms with van der Waals surface area (Å²) in [7, 11) is 5.54. The van der Waals surface area contributed by atoms with Crippen LogP contribution in [0.1, 0.15) is 30.9 Å². The van der Waals surface area contributed by atoms with Crippen molar-refractivity contribution in [3.8, 4) is 5.75 Å². The van der Waals surface area contributed by atoms with E-state index >= 15 is 0 Å². The molecule has 0 fully saturated rings. The lowest BCUT2D eigenvalue weighted by molar-refractivity contribution is -0.111. The molecule has 0 bridgehead atoms. The number of carbonyl (C=O) groups is 1. The fourth-order valence-electron chi connectivity index (χ4n) is 3.48. The summed E-state index contributed by atoms with van der Waals surface area (Å²) < 4.78 is 5.31. The van der Waals surface area contributed by atoms with E-state index in [-0.39, 0.29) is 11.8 Å². The Morgan fingerprint density at radius 2 is 2.07 bits per heavy atom. The zero-order valence-electron chi connectivity index (χ0n) is 16.7. The Morgan fingerprint density at radius 1 is 1.30 bits per heavy atom. The van der Waals surface area contributed by atoms with Gasteiger partial charge in [-0.25, -0.2) is 4.99 Å². The number of guanidine groups is 1. The van der Waals surface area contributed by atoms with Crippen LogP contribution in [0.5, 0.6) is 5.75 Å². The molecule has 0 saturated carbocycles. The topological polar surface area (TPSA) is 53.9 Å². The Bertz CT molecular complexity index is 876. The van der Waals surface area contributed by atoms with Gasteiger partial charge < -0.3 is 15.0 Å². The lowest BCUT2D eigenvalue weighted by Crippen LogP contribution is -2.38. The molecule has 0 saturated heterocycles. The molecule has 1 aromatic carbocycles. The number of ketones is 1. The van der Waals surface area contributed by atoms with Gasteiger partial charge in [0.25, 0.3) is 0 Å². The van der Waals surface area contributed by atoms with Gasteiger partial charge in [0.15, 0.2) is 11.7 Å². The minimum absolute atomic E-state index is 0.00853. The second-order valence-electron chi connectivity index (χ2n) is 7.09. The molecule has 0 radical (unpaired) electrons. The first-order valence-corrected chi connectivity index (χ1v) is 9.21. The van der Waals surface area contributed by atoms with Gasteiger partial charge in [-0.3, -0.25) is 4.79 Å². The smallest absolute Gasteiger partial charge is 0.199 e. The van der Waals surface area contributed by atoms with E-state index in [0.29, 0.717) is 5.57 Å². The van der Waals surface area contributed by atoms with E-state index in [1.54, 1.807) is 14.0 Å². The van der Waals surface area contributed by atoms with Crippen LogP contribution in [-0.4, -0.2) is 43.9 Å². The third kappa shape index (κ3) is 3.82. The zero-order chi connectivity index (χ0) is 19.6. The maximum atomic E-state index is 12.7. The summed E-state index contributed by atoms with van der Waals surface area (Å²) in [6.45, 7) is 3.60. The Labute approximate surface area is 161 Å². The molecule has 5 nitrogen and oxygen atoms in total. The van der Waals surface area contributed by atoms with E-state index < -0.39 is 0 Å². The fraction of sp³-hybridized carbons (Fsp3) is 0.364. The molecule has 1 aromatic rings. The van der Waals surface area contributed by atoms with Gasteiger partial charge in [0.05, 0.1) is 18.8 Å². The molecule has 1 heterocycles. The van der Waals surface area contributed by atoms with Gasteiger partial charge in [-0.2, -0.15) is 0 Å². The highest BCUT2D eigenvalue weighted by atomic mass is 16.5. The molecule has 1 atom stereocenters. The van der Waals surface area contributed by atoms with Crippen molar-refractivity contribution < 1.29 is 9.53 Å². The van der Waals surface area contributed by atoms with Gasteiger partial charge in [-0.1, -0.05) is 24.3 Å². The quantitative estimate of drug-likeness (QED) is 0.830. The number of aryl methyl sites for hydroxylation is 1. The van der Waals surface area contributed by atoms with Crippen LogP contribution in [0, 0.1) is 6.92 Å². The van der Waals surface area contributed by atoms with Crippen molar-refractivity contribution >= 4 is 17.3 Å². The van der Waals surface area contributed by atoms with Gasteiger partial charge in [0.2, 0.25) is 0 Å². The summed E-state index contributed by atoms with van der Waals surface area (Å²) in [6, 6.07) is 5.66. The minimum Gasteiger partial charge on any atom is -0.497 e. The SMILES string of the molecule is COc1ccc(/C(C(C)=O)=C2\N=C(N(C)C)NC2C2=CCCC=C2)c(C)c1. The number of allylic oxidation sites excluding steroid dienone is 3. The summed E-state index contributed by atoms with van der Waals surface area (Å²) in [6.07, 6.45) is 8.59. The van der Waals surface area contributed by atoms with Crippen molar-refractivity contribution in [3.05, 3.63) is 58.8 Å². The molecule has 1 aliphatic carbocycles. The van der Waals surface area contributed by atoms with Crippen molar-refractivity contribution in [2.45, 2.75) is 32.7 Å². The van der Waals surface area contributed by atoms with Gasteiger partial charge in [-0.15, -0.1) is 0 Å². The number of aliphatic imine (C=N–C) groups is 1. The average Bonchev–Trinajstić information content (AvgIpc) is 3.09. The molecule has 1 unspecified atom stereocenters. The van der Waals surface area contributed by atoms with Crippen LogP contribution in [0.3, 0.4) is 0 Å². The number of ether oxygens (including phenoxy) is 1. The largest absolute Gasteiger partial charge is 0.497 e. The molecule has 5 heteroatoms. The Kier molecular flexibility index (Phi) is 5.49. The predicted octanol–water partition coefficient (Wildman–Crippen LogP) is 3.47. The van der Waals surface area contributed by atoms with E-state index in [1.165, 1.54) is 0 Å². The Morgan fingerprint density at radius 3 is 2.63 bits per heavy atom. The summed E-state index contributed by atoms with van der Waals surface area (Å²) in [5, 5.41) is 3.48. The molecule has 142 valence electrons. The van der Waals surface area contributed by atoms with Crippen LogP contribution >= 0.6 is 0 Å². The Hall–Kier alpha value is -2.82. The molecule has 27 heavy (non-hydrogen) atoms. The summed E-state index contributed by atoms with van der Waals surface area (Å²) in [5.41, 5.74) is 4.48. The van der Waals surface area contributed by atoms with Crippen LogP contribution in [-0.2, 0) is 4.79 Å². The van der Waals surface area contributed by atoms with Gasteiger partial charge >= 0.3 is 0 Å². The molecular formula is C22H27N3O2. The third-order valence-electron chi connectivity index (χ3n) is 4.86. The highest BCUT2D eigenvalue weighted by Gasteiger charge is 2.31. The molecule has 2 aliphatic rings. The van der Waals surface area contributed by atoms with E-state index in [0.717, 1.165) is 46.9 Å². The molecule has 3 rings (SSSR count). The highest BCUT2D eigenvalue weighted by Crippen LogP contribution is 2.33. The number of rotatable bonds is 4. The first-order chi connectivity index (χ1) is 12.9. The molecule has 1 N–H and O–H groups in total. The highest BCUT2D eigenvalue weighted by molar-refractivity contribution is 6.21. The first-order valence-electron chi connectivity index (χ1n) is 9.21. The average molecular weight is 365 g/mol. The van der Waals surface area contributed by atoms with Crippen LogP contribution in [0.25, 0.3) is 5.57 Å². The van der Waals surface area contributed by atoms with Crippen molar-refractivity contribution in [1.82, 2.24) is 10.2 Å². The van der Waals surface area contributed by atoms with Gasteiger partial charge in [-0.05, 0) is 55.5 Å². The number of hydrogen-bond acceptors (Lipinski definition) is 5. The molecule has 0 aromatic heterocycles. The molecule has 0 amide bonds. The van der Waals surface area contributed by atoms with E-state index in [1.807, 2.05) is 44.1 Å². The number of nitrogens with one attached hydrogen (secondary N) is 1. The van der Waals surface area contributed by atoms with Gasteiger partial charge in [0, 0.05) is 19.7 Å². The summed E-state index contributed by atoms with van der Waals surface area (Å²) in [5.74, 6) is 1.55. The number of Topliss-reactive ketones (excluding diaryl/α,β-unsaturated/α-hetero) is 1. The lowest BCUT2D eigenvalue weighted by Gasteiger charge is -2.21. The third-order valence-corrected chi connectivity index (χ3v) is 4.86. The van der Waals surface area contributed by atoms with Crippen LogP contribution < -0.4 is 10.1 Å². The van der Waals surface area contributed by atoms with Crippen LogP contribution in [0.2, 0.25) is 0 Å². The number of benzene rings is 1. The number of nitrogens with zero attached hydrogens (tertiary/aromatic N) is 2. The fourth-order valence-corrected chi connectivity index (χ4v) is 3.48. The van der Waals surface area contributed by atoms with E-state index in [9.17, 15) is 4.79 Å². The molecule has 0 spiro atoms. The Balaban J connectivity index is 2.19. The monoisotopic (exact) mass is 365 g/mol. The maximum Gasteiger partial charge on any atom is 0.199 e. The second kappa shape index (κ2) is 7.82. The van der Waals surface area contributed by atoms with Crippen LogP contribution in [0.15, 0.2) is 52.7 Å². The van der Waals surface area contributed by atoms with E-state index in [2.05, 4.69) is 23.5 Å². The zero-order valence-corrected chi connectivity index (χ0v) is 16.7. The standard InChI is InChI=1S/C22H27N3O2/c1-14-13-17(27-5)11-12-18(14)19(15(2)26)21-20(16-9-7-6-8-10-16)23-22(24-21)25(3)4/h7,9-13,20H,6,8H2,1-5H3,(H,23,24)/b21-19-. The van der Waals surface area contributed by atoms with Gasteiger partial charge in [0.1, 0.15) is 5.75 Å². The minimum atomic E-state index is -0.126. The molecule has 1 aliphatic heterocycles. The van der Waals surface area contributed by atoms with Crippen molar-refractivity contribution in [1.29, 1.82) is 0 Å². The number of methoxy groups -OCH3 is 1. The first kappa shape index (κ1) is 19.0. The normalized spacial score (nSPS) is 20.6. The van der Waals surface area contributed by atoms with Crippen molar-refractivity contribution in [3.63, 3.8) is 0 Å².